The van der Waals surface area contributed by atoms with Crippen LogP contribution in [-0.4, -0.2) is 58.5 Å². The number of isocyanates is 1. The van der Waals surface area contributed by atoms with Gasteiger partial charge in [-0.3, -0.25) is 0 Å². The fourth-order valence-electron chi connectivity index (χ4n) is 6.20. The topological polar surface area (TPSA) is 106 Å². The van der Waals surface area contributed by atoms with Crippen LogP contribution < -0.4 is 5.32 Å². The van der Waals surface area contributed by atoms with E-state index < -0.39 is 5.97 Å². The first-order valence-corrected chi connectivity index (χ1v) is 13.0. The van der Waals surface area contributed by atoms with Gasteiger partial charge in [-0.25, -0.2) is 24.1 Å². The lowest BCUT2D eigenvalue weighted by Gasteiger charge is -2.46. The molecule has 0 spiro atoms. The monoisotopic (exact) mass is 507 g/mol. The van der Waals surface area contributed by atoms with Gasteiger partial charge in [-0.05, 0) is 56.1 Å². The SMILES string of the molecule is CCOC(=O)c1nn(-c2ccc(C)cc2)c2c1CN(C(=O)NC1CC(C)(C)CC(C)(CN=C=O)C1)CC2. The quantitative estimate of drug-likeness (QED) is 0.356. The summed E-state index contributed by atoms with van der Waals surface area (Å²) < 4.78 is 7.09. The molecule has 2 heterocycles. The molecule has 2 amide bonds. The van der Waals surface area contributed by atoms with Crippen LogP contribution in [0.1, 0.15) is 74.3 Å². The van der Waals surface area contributed by atoms with Crippen LogP contribution in [0.25, 0.3) is 5.69 Å². The van der Waals surface area contributed by atoms with E-state index in [0.717, 1.165) is 41.8 Å². The number of hydrogen-bond donors (Lipinski definition) is 1. The number of aromatic nitrogens is 2. The molecule has 0 bridgehead atoms. The molecule has 2 aliphatic rings. The fraction of sp³-hybridized carbons (Fsp3) is 0.571. The van der Waals surface area contributed by atoms with Crippen molar-refractivity contribution >= 4 is 18.1 Å². The zero-order valence-corrected chi connectivity index (χ0v) is 22.5. The van der Waals surface area contributed by atoms with Gasteiger partial charge < -0.3 is 15.0 Å². The summed E-state index contributed by atoms with van der Waals surface area (Å²) in [7, 11) is 0. The Morgan fingerprint density at radius 3 is 2.62 bits per heavy atom. The van der Waals surface area contributed by atoms with Crippen molar-refractivity contribution in [2.75, 3.05) is 19.7 Å². The maximum atomic E-state index is 13.4. The molecule has 1 N–H and O–H groups in total. The van der Waals surface area contributed by atoms with E-state index in [4.69, 9.17) is 4.74 Å². The number of carbonyl (C=O) groups excluding carboxylic acids is 3. The van der Waals surface area contributed by atoms with Crippen molar-refractivity contribution < 1.29 is 19.1 Å². The lowest BCUT2D eigenvalue weighted by atomic mass is 9.62. The third-order valence-electron chi connectivity index (χ3n) is 7.39. The molecule has 0 radical (unpaired) electrons. The largest absolute Gasteiger partial charge is 0.461 e. The Morgan fingerprint density at radius 1 is 1.22 bits per heavy atom. The molecule has 1 aromatic carbocycles. The van der Waals surface area contributed by atoms with E-state index in [2.05, 4.69) is 36.2 Å². The van der Waals surface area contributed by atoms with Crippen LogP contribution >= 0.6 is 0 Å². The van der Waals surface area contributed by atoms with Gasteiger partial charge in [0.15, 0.2) is 5.69 Å². The first-order valence-electron chi connectivity index (χ1n) is 13.0. The second-order valence-electron chi connectivity index (χ2n) is 11.5. The Labute approximate surface area is 218 Å². The Morgan fingerprint density at radius 2 is 1.95 bits per heavy atom. The van der Waals surface area contributed by atoms with Crippen LogP contribution in [-0.2, 0) is 22.5 Å². The third kappa shape index (κ3) is 5.93. The summed E-state index contributed by atoms with van der Waals surface area (Å²) in [6.07, 6.45) is 4.74. The number of rotatable bonds is 6. The molecule has 1 aliphatic carbocycles. The highest BCUT2D eigenvalue weighted by Crippen LogP contribution is 2.46. The second-order valence-corrected chi connectivity index (χ2v) is 11.5. The smallest absolute Gasteiger partial charge is 0.359 e. The van der Waals surface area contributed by atoms with Crippen molar-refractivity contribution in [2.24, 2.45) is 15.8 Å². The first-order chi connectivity index (χ1) is 17.5. The van der Waals surface area contributed by atoms with Crippen molar-refractivity contribution in [3.8, 4) is 5.69 Å². The summed E-state index contributed by atoms with van der Waals surface area (Å²) in [6, 6.07) is 7.78. The van der Waals surface area contributed by atoms with Crippen molar-refractivity contribution in [1.82, 2.24) is 20.0 Å². The summed E-state index contributed by atoms with van der Waals surface area (Å²) in [6.45, 7) is 11.7. The van der Waals surface area contributed by atoms with E-state index in [1.807, 2.05) is 31.2 Å². The highest BCUT2D eigenvalue weighted by molar-refractivity contribution is 5.89. The molecule has 0 saturated heterocycles. The van der Waals surface area contributed by atoms with Crippen LogP contribution in [0.5, 0.6) is 0 Å². The number of esters is 1. The van der Waals surface area contributed by atoms with Gasteiger partial charge in [-0.2, -0.15) is 5.10 Å². The number of hydrogen-bond acceptors (Lipinski definition) is 6. The molecule has 2 aromatic rings. The Bertz CT molecular complexity index is 1210. The number of nitrogens with one attached hydrogen (secondary N) is 1. The van der Waals surface area contributed by atoms with Gasteiger partial charge in [-0.1, -0.05) is 38.5 Å². The van der Waals surface area contributed by atoms with Crippen molar-refractivity contribution in [1.29, 1.82) is 0 Å². The lowest BCUT2D eigenvalue weighted by molar-refractivity contribution is 0.0515. The number of ether oxygens (including phenoxy) is 1. The van der Waals surface area contributed by atoms with Crippen LogP contribution in [0.15, 0.2) is 29.3 Å². The predicted molar refractivity (Wildman–Crippen MR) is 139 cm³/mol. The van der Waals surface area contributed by atoms with Crippen LogP contribution in [0, 0.1) is 17.8 Å². The first kappa shape index (κ1) is 26.6. The molecule has 4 rings (SSSR count). The number of urea groups is 1. The molecule has 1 aliphatic heterocycles. The van der Waals surface area contributed by atoms with Gasteiger partial charge in [0.1, 0.15) is 0 Å². The van der Waals surface area contributed by atoms with Crippen molar-refractivity contribution in [3.05, 3.63) is 46.8 Å². The minimum absolute atomic E-state index is 0.00464. The minimum Gasteiger partial charge on any atom is -0.461 e. The number of carbonyl (C=O) groups is 2. The van der Waals surface area contributed by atoms with E-state index in [-0.39, 0.29) is 41.7 Å². The summed E-state index contributed by atoms with van der Waals surface area (Å²) in [4.78, 5) is 42.5. The second kappa shape index (κ2) is 10.5. The summed E-state index contributed by atoms with van der Waals surface area (Å²) in [5.74, 6) is -0.479. The predicted octanol–water partition coefficient (Wildman–Crippen LogP) is 4.35. The Hall–Kier alpha value is -3.45. The molecule has 37 heavy (non-hydrogen) atoms. The molecular formula is C28H37N5O4. The molecule has 198 valence electrons. The van der Waals surface area contributed by atoms with Gasteiger partial charge in [0.2, 0.25) is 6.08 Å². The average molecular weight is 508 g/mol. The summed E-state index contributed by atoms with van der Waals surface area (Å²) >= 11 is 0. The van der Waals surface area contributed by atoms with Gasteiger partial charge in [-0.15, -0.1) is 0 Å². The molecule has 1 saturated carbocycles. The average Bonchev–Trinajstić information content (AvgIpc) is 3.21. The third-order valence-corrected chi connectivity index (χ3v) is 7.39. The van der Waals surface area contributed by atoms with E-state index in [9.17, 15) is 14.4 Å². The zero-order valence-electron chi connectivity index (χ0n) is 22.5. The summed E-state index contributed by atoms with van der Waals surface area (Å²) in [5.41, 5.74) is 3.75. The number of fused-ring (bicyclic) bond motifs is 1. The van der Waals surface area contributed by atoms with Gasteiger partial charge in [0, 0.05) is 24.6 Å². The normalized spacial score (nSPS) is 22.5. The molecule has 1 aromatic heterocycles. The molecule has 1 fully saturated rings. The van der Waals surface area contributed by atoms with Crippen LogP contribution in [0.3, 0.4) is 0 Å². The van der Waals surface area contributed by atoms with E-state index in [0.29, 0.717) is 19.5 Å². The number of aryl methyl sites for hydroxylation is 1. The lowest BCUT2D eigenvalue weighted by Crippen LogP contribution is -2.52. The molecule has 2 atom stereocenters. The molecular weight excluding hydrogens is 470 g/mol. The highest BCUT2D eigenvalue weighted by Gasteiger charge is 2.42. The van der Waals surface area contributed by atoms with Gasteiger partial charge >= 0.3 is 12.0 Å². The van der Waals surface area contributed by atoms with Gasteiger partial charge in [0.05, 0.1) is 31.1 Å². The molecule has 2 unspecified atom stereocenters. The minimum atomic E-state index is -0.479. The molecule has 9 heteroatoms. The maximum Gasteiger partial charge on any atom is 0.359 e. The van der Waals surface area contributed by atoms with Crippen LogP contribution in [0.4, 0.5) is 4.79 Å². The number of aliphatic imine (C=N–C) groups is 1. The van der Waals surface area contributed by atoms with Crippen molar-refractivity contribution in [3.63, 3.8) is 0 Å². The van der Waals surface area contributed by atoms with E-state index in [1.165, 1.54) is 0 Å². The zero-order chi connectivity index (χ0) is 26.8. The Kier molecular flexibility index (Phi) is 7.55. The van der Waals surface area contributed by atoms with E-state index >= 15 is 0 Å². The van der Waals surface area contributed by atoms with Crippen LogP contribution in [0.2, 0.25) is 0 Å². The number of nitrogens with zero attached hydrogens (tertiary/aromatic N) is 4. The molecule has 9 nitrogen and oxygen atoms in total. The van der Waals surface area contributed by atoms with E-state index in [1.54, 1.807) is 22.6 Å². The fourth-order valence-corrected chi connectivity index (χ4v) is 6.20. The number of amides is 2. The Balaban J connectivity index is 1.56. The van der Waals surface area contributed by atoms with Crippen molar-refractivity contribution in [2.45, 2.75) is 72.9 Å². The number of benzene rings is 1. The highest BCUT2D eigenvalue weighted by atomic mass is 16.5. The standard InChI is InChI=1S/C28H37N5O4/c1-6-37-25(35)24-22-15-32(12-11-23(22)33(31-24)21-9-7-19(2)8-10-21)26(36)30-20-13-27(3,4)16-28(5,14-20)17-29-18-34/h7-10,20H,6,11-17H2,1-5H3,(H,30,36). The summed E-state index contributed by atoms with van der Waals surface area (Å²) in [5, 5.41) is 7.86. The van der Waals surface area contributed by atoms with Gasteiger partial charge in [0.25, 0.3) is 0 Å². The maximum absolute atomic E-state index is 13.4.